The second-order valence-electron chi connectivity index (χ2n) is 15.3. The lowest BCUT2D eigenvalue weighted by Crippen LogP contribution is -2.52. The molecule has 7 rings (SSSR count). The number of aliphatic hydroxyl groups is 1. The van der Waals surface area contributed by atoms with Crippen LogP contribution < -0.4 is 19.7 Å². The Bertz CT molecular complexity index is 2100. The van der Waals surface area contributed by atoms with Crippen molar-refractivity contribution in [2.45, 2.75) is 69.1 Å². The molecule has 3 amide bonds. The molecule has 4 aromatic rings. The average Bonchev–Trinajstić information content (AvgIpc) is 3.86. The molecule has 12 nitrogen and oxygen atoms in total. The number of para-hydroxylation sites is 1. The van der Waals surface area contributed by atoms with Crippen LogP contribution >= 0.6 is 0 Å². The van der Waals surface area contributed by atoms with Gasteiger partial charge in [-0.3, -0.25) is 29.4 Å². The van der Waals surface area contributed by atoms with Gasteiger partial charge in [-0.1, -0.05) is 67.7 Å². The summed E-state index contributed by atoms with van der Waals surface area (Å²) in [5.41, 5.74) is 0.884. The highest BCUT2D eigenvalue weighted by atomic mass is 28.3. The first-order valence-corrected chi connectivity index (χ1v) is 21.7. The number of non-ortho nitro benzene ring substituents is 1. The van der Waals surface area contributed by atoms with Gasteiger partial charge in [0.2, 0.25) is 12.3 Å². The van der Waals surface area contributed by atoms with Gasteiger partial charge < -0.3 is 24.4 Å². The molecule has 286 valence electrons. The molecule has 0 saturated carbocycles. The molecule has 0 unspecified atom stereocenters. The predicted octanol–water partition coefficient (Wildman–Crippen LogP) is 6.03. The zero-order chi connectivity index (χ0) is 39.1. The van der Waals surface area contributed by atoms with E-state index in [2.05, 4.69) is 13.1 Å². The number of carbonyl (C=O) groups excluding carboxylic acids is 3. The first-order chi connectivity index (χ1) is 26.4. The smallest absolute Gasteiger partial charge is 0.269 e. The SMILES string of the molecule is COc1ccc([Si](C)(C)[C@@H]2[C@@H](CC(=O)N3CCC[C@H]3CO)O[C@]3(C(=O)N(Cc4cccc(N(C=O)c5ccccc5)c4)c4ccc([N+](=O)[O-])cc43)[C@H]2C)cc1. The van der Waals surface area contributed by atoms with Crippen molar-refractivity contribution in [3.05, 3.63) is 118 Å². The Balaban J connectivity index is 1.31. The first-order valence-electron chi connectivity index (χ1n) is 18.7. The molecule has 3 heterocycles. The molecule has 1 spiro atoms. The number of methoxy groups -OCH3 is 1. The summed E-state index contributed by atoms with van der Waals surface area (Å²) in [6.07, 6.45) is 1.55. The van der Waals surface area contributed by atoms with Gasteiger partial charge in [-0.2, -0.15) is 0 Å². The Morgan fingerprint density at radius 3 is 2.45 bits per heavy atom. The van der Waals surface area contributed by atoms with Crippen LogP contribution in [0.1, 0.15) is 37.3 Å². The van der Waals surface area contributed by atoms with E-state index >= 15 is 4.79 Å². The highest BCUT2D eigenvalue weighted by Gasteiger charge is 2.67. The van der Waals surface area contributed by atoms with Gasteiger partial charge in [0, 0.05) is 41.5 Å². The first kappa shape index (κ1) is 37.9. The summed E-state index contributed by atoms with van der Waals surface area (Å²) >= 11 is 0. The van der Waals surface area contributed by atoms with E-state index in [4.69, 9.17) is 9.47 Å². The minimum Gasteiger partial charge on any atom is -0.497 e. The van der Waals surface area contributed by atoms with Crippen LogP contribution in [0, 0.1) is 16.0 Å². The molecule has 0 aromatic heterocycles. The number of rotatable bonds is 12. The summed E-state index contributed by atoms with van der Waals surface area (Å²) in [5, 5.41) is 23.4. The Labute approximate surface area is 321 Å². The van der Waals surface area contributed by atoms with E-state index in [0.717, 1.165) is 23.6 Å². The van der Waals surface area contributed by atoms with Crippen LogP contribution in [0.4, 0.5) is 22.7 Å². The van der Waals surface area contributed by atoms with E-state index in [-0.39, 0.29) is 48.7 Å². The second-order valence-corrected chi connectivity index (χ2v) is 19.9. The van der Waals surface area contributed by atoms with E-state index in [9.17, 15) is 24.8 Å². The van der Waals surface area contributed by atoms with Crippen molar-refractivity contribution in [1.82, 2.24) is 4.90 Å². The van der Waals surface area contributed by atoms with Crippen molar-refractivity contribution in [1.29, 1.82) is 0 Å². The molecule has 13 heteroatoms. The molecule has 1 N–H and O–H groups in total. The number of carbonyl (C=O) groups is 3. The molecule has 55 heavy (non-hydrogen) atoms. The minimum atomic E-state index is -2.62. The Hall–Kier alpha value is -5.37. The van der Waals surface area contributed by atoms with E-state index < -0.39 is 30.6 Å². The van der Waals surface area contributed by atoms with Crippen molar-refractivity contribution in [2.24, 2.45) is 5.92 Å². The lowest BCUT2D eigenvalue weighted by Gasteiger charge is -2.37. The molecule has 2 fully saturated rings. The van der Waals surface area contributed by atoms with Crippen LogP contribution in [0.5, 0.6) is 5.75 Å². The van der Waals surface area contributed by atoms with E-state index in [1.54, 1.807) is 23.0 Å². The highest BCUT2D eigenvalue weighted by Crippen LogP contribution is 2.60. The molecule has 5 atom stereocenters. The van der Waals surface area contributed by atoms with Gasteiger partial charge in [-0.25, -0.2) is 0 Å². The van der Waals surface area contributed by atoms with Crippen LogP contribution in [0.2, 0.25) is 18.6 Å². The third-order valence-electron chi connectivity index (χ3n) is 12.0. The highest BCUT2D eigenvalue weighted by molar-refractivity contribution is 6.91. The number of ether oxygens (including phenoxy) is 2. The van der Waals surface area contributed by atoms with Gasteiger partial charge in [0.25, 0.3) is 11.6 Å². The number of nitrogens with zero attached hydrogens (tertiary/aromatic N) is 4. The topological polar surface area (TPSA) is 143 Å². The molecular weight excluding hydrogens is 717 g/mol. The fourth-order valence-corrected chi connectivity index (χ4v) is 13.3. The number of amides is 3. The van der Waals surface area contributed by atoms with Crippen molar-refractivity contribution in [3.63, 3.8) is 0 Å². The molecule has 0 radical (unpaired) electrons. The van der Waals surface area contributed by atoms with Crippen LogP contribution in [-0.4, -0.2) is 73.6 Å². The van der Waals surface area contributed by atoms with Crippen molar-refractivity contribution < 1.29 is 33.9 Å². The van der Waals surface area contributed by atoms with Crippen molar-refractivity contribution in [2.75, 3.05) is 30.1 Å². The Kier molecular flexibility index (Phi) is 10.4. The molecule has 0 aliphatic carbocycles. The van der Waals surface area contributed by atoms with Gasteiger partial charge in [-0.05, 0) is 66.4 Å². The summed E-state index contributed by atoms with van der Waals surface area (Å²) in [5.74, 6) is -0.282. The standard InChI is InChI=1S/C42H46N4O8Si/c1-28-40(55(3,4)35-18-16-34(53-2)17-19-35)38(24-39(49)43-21-9-14-33(43)26-47)54-42(28)36-23-32(46(51)52)15-20-37(36)44(41(42)50)25-29-10-8-13-31(22-29)45(27-48)30-11-6-5-7-12-30/h5-8,10-13,15-20,22-23,27-28,33,38,40,47H,9,14,21,24-26H2,1-4H3/t28-,33-,38+,40-,42+/m0/s1. The molecule has 0 bridgehead atoms. The summed E-state index contributed by atoms with van der Waals surface area (Å²) < 4.78 is 12.5. The number of likely N-dealkylation sites (tertiary alicyclic amines) is 1. The monoisotopic (exact) mass is 762 g/mol. The zero-order valence-corrected chi connectivity index (χ0v) is 32.5. The molecule has 4 aromatic carbocycles. The molecular formula is C42H46N4O8Si. The van der Waals surface area contributed by atoms with Crippen LogP contribution in [0.25, 0.3) is 0 Å². The maximum Gasteiger partial charge on any atom is 0.269 e. The predicted molar refractivity (Wildman–Crippen MR) is 211 cm³/mol. The van der Waals surface area contributed by atoms with Gasteiger partial charge in [-0.15, -0.1) is 0 Å². The van der Waals surface area contributed by atoms with Gasteiger partial charge in [0.15, 0.2) is 5.60 Å². The summed E-state index contributed by atoms with van der Waals surface area (Å²) in [6, 6.07) is 28.7. The summed E-state index contributed by atoms with van der Waals surface area (Å²) in [7, 11) is -1.01. The number of nitro groups is 1. The maximum absolute atomic E-state index is 15.3. The van der Waals surface area contributed by atoms with E-state index in [1.807, 2.05) is 85.8 Å². The lowest BCUT2D eigenvalue weighted by atomic mass is 9.82. The third kappa shape index (κ3) is 6.59. The molecule has 3 aliphatic heterocycles. The number of nitro benzene ring substituents is 1. The number of anilines is 3. The van der Waals surface area contributed by atoms with Crippen LogP contribution in [-0.2, 0) is 31.3 Å². The van der Waals surface area contributed by atoms with Crippen molar-refractivity contribution >= 4 is 54.2 Å². The zero-order valence-electron chi connectivity index (χ0n) is 31.5. The number of aliphatic hydroxyl groups excluding tert-OH is 1. The quantitative estimate of drug-likeness (QED) is 0.0798. The lowest BCUT2D eigenvalue weighted by molar-refractivity contribution is -0.385. The fourth-order valence-electron chi connectivity index (χ4n) is 9.26. The van der Waals surface area contributed by atoms with Gasteiger partial charge in [0.1, 0.15) is 5.75 Å². The average molecular weight is 763 g/mol. The number of hydrogen-bond acceptors (Lipinski definition) is 8. The second kappa shape index (κ2) is 15.0. The minimum absolute atomic E-state index is 0.000439. The normalized spacial score (nSPS) is 23.3. The Morgan fingerprint density at radius 1 is 1.05 bits per heavy atom. The summed E-state index contributed by atoms with van der Waals surface area (Å²) in [4.78, 5) is 58.3. The van der Waals surface area contributed by atoms with E-state index in [0.29, 0.717) is 41.3 Å². The maximum atomic E-state index is 15.3. The van der Waals surface area contributed by atoms with Crippen molar-refractivity contribution in [3.8, 4) is 5.75 Å². The Morgan fingerprint density at radius 2 is 1.78 bits per heavy atom. The van der Waals surface area contributed by atoms with Crippen LogP contribution in [0.3, 0.4) is 0 Å². The molecule has 3 aliphatic rings. The van der Waals surface area contributed by atoms with E-state index in [1.165, 1.54) is 17.0 Å². The van der Waals surface area contributed by atoms with Gasteiger partial charge in [0.05, 0.1) is 57.5 Å². The largest absolute Gasteiger partial charge is 0.497 e. The number of fused-ring (bicyclic) bond motifs is 2. The van der Waals surface area contributed by atoms with Crippen LogP contribution in [0.15, 0.2) is 97.1 Å². The number of hydrogen-bond donors (Lipinski definition) is 1. The third-order valence-corrected chi connectivity index (χ3v) is 16.3. The van der Waals surface area contributed by atoms with Gasteiger partial charge >= 0.3 is 0 Å². The summed E-state index contributed by atoms with van der Waals surface area (Å²) in [6.45, 7) is 6.92. The molecule has 2 saturated heterocycles. The fraction of sp³-hybridized carbons (Fsp3) is 0.357. The number of benzene rings is 4.